The number of rotatable bonds is 2. The van der Waals surface area contributed by atoms with Crippen molar-refractivity contribution in [1.82, 2.24) is 4.98 Å². The summed E-state index contributed by atoms with van der Waals surface area (Å²) >= 11 is 0. The topological polar surface area (TPSA) is 36.7 Å². The summed E-state index contributed by atoms with van der Waals surface area (Å²) in [6.07, 6.45) is 1.00. The third-order valence-corrected chi connectivity index (χ3v) is 3.19. The largest absolute Gasteiger partial charge is 0.256 e. The van der Waals surface area contributed by atoms with Crippen molar-refractivity contribution >= 4 is 10.8 Å². The van der Waals surface area contributed by atoms with Crippen molar-refractivity contribution in [3.8, 4) is 6.07 Å². The number of benzene rings is 1. The van der Waals surface area contributed by atoms with Crippen LogP contribution >= 0.6 is 0 Å². The summed E-state index contributed by atoms with van der Waals surface area (Å²) in [5.41, 5.74) is 3.20. The summed E-state index contributed by atoms with van der Waals surface area (Å²) in [6, 6.07) is 10.6. The minimum Gasteiger partial charge on any atom is -0.256 e. The zero-order valence-corrected chi connectivity index (χ0v) is 10.5. The molecule has 86 valence electrons. The van der Waals surface area contributed by atoms with Gasteiger partial charge >= 0.3 is 0 Å². The Morgan fingerprint density at radius 3 is 2.76 bits per heavy atom. The first-order chi connectivity index (χ1) is 8.17. The number of fused-ring (bicyclic) bond motifs is 1. The molecule has 2 heteroatoms. The summed E-state index contributed by atoms with van der Waals surface area (Å²) in [4.78, 5) is 4.52. The average molecular weight is 224 g/mol. The van der Waals surface area contributed by atoms with Gasteiger partial charge in [-0.1, -0.05) is 25.1 Å². The van der Waals surface area contributed by atoms with Gasteiger partial charge in [-0.2, -0.15) is 5.26 Å². The zero-order valence-electron chi connectivity index (χ0n) is 10.5. The lowest BCUT2D eigenvalue weighted by molar-refractivity contribution is 0.913. The highest BCUT2D eigenvalue weighted by molar-refractivity contribution is 5.88. The first-order valence-corrected chi connectivity index (χ1v) is 5.96. The van der Waals surface area contributed by atoms with Gasteiger partial charge in [0.2, 0.25) is 0 Å². The fourth-order valence-electron chi connectivity index (χ4n) is 2.13. The number of hydrogen-bond donors (Lipinski definition) is 0. The molecule has 0 radical (unpaired) electrons. The molecule has 0 fully saturated rings. The summed E-state index contributed by atoms with van der Waals surface area (Å²) in [7, 11) is 0. The van der Waals surface area contributed by atoms with Crippen LogP contribution in [0.1, 0.15) is 36.7 Å². The maximum Gasteiger partial charge on any atom is 0.0857 e. The lowest BCUT2D eigenvalue weighted by Gasteiger charge is -2.10. The minimum absolute atomic E-state index is 0.150. The van der Waals surface area contributed by atoms with E-state index in [0.29, 0.717) is 0 Å². The lowest BCUT2D eigenvalue weighted by Crippen LogP contribution is -1.98. The third kappa shape index (κ3) is 2.01. The van der Waals surface area contributed by atoms with Gasteiger partial charge in [-0.15, -0.1) is 0 Å². The molecule has 0 spiro atoms. The van der Waals surface area contributed by atoms with Gasteiger partial charge in [0, 0.05) is 11.1 Å². The van der Waals surface area contributed by atoms with Crippen LogP contribution in [0, 0.1) is 18.3 Å². The van der Waals surface area contributed by atoms with Crippen molar-refractivity contribution in [1.29, 1.82) is 5.26 Å². The van der Waals surface area contributed by atoms with Crippen molar-refractivity contribution < 1.29 is 0 Å². The first-order valence-electron chi connectivity index (χ1n) is 5.96. The zero-order chi connectivity index (χ0) is 12.4. The number of nitrogens with zero attached hydrogens (tertiary/aromatic N) is 2. The number of aromatic nitrogens is 1. The fraction of sp³-hybridized carbons (Fsp3) is 0.333. The molecule has 0 bridgehead atoms. The van der Waals surface area contributed by atoms with E-state index in [9.17, 15) is 0 Å². The van der Waals surface area contributed by atoms with Gasteiger partial charge in [0.25, 0.3) is 0 Å². The van der Waals surface area contributed by atoms with Gasteiger partial charge < -0.3 is 0 Å². The fourth-order valence-corrected chi connectivity index (χ4v) is 2.13. The predicted octanol–water partition coefficient (Wildman–Crippen LogP) is 3.73. The molecular weight excluding hydrogens is 208 g/mol. The van der Waals surface area contributed by atoms with E-state index < -0.39 is 0 Å². The molecule has 1 atom stereocenters. The average Bonchev–Trinajstić information content (AvgIpc) is 2.37. The van der Waals surface area contributed by atoms with E-state index in [4.69, 9.17) is 5.26 Å². The molecular formula is C15H16N2. The van der Waals surface area contributed by atoms with Crippen LogP contribution in [0.25, 0.3) is 10.8 Å². The van der Waals surface area contributed by atoms with Gasteiger partial charge in [0.15, 0.2) is 0 Å². The SMILES string of the molecule is CCc1cccc2c(C)nc(C(C)C#N)cc12. The Morgan fingerprint density at radius 1 is 1.35 bits per heavy atom. The van der Waals surface area contributed by atoms with Crippen molar-refractivity contribution in [3.63, 3.8) is 0 Å². The Hall–Kier alpha value is -1.88. The molecule has 2 aromatic rings. The number of hydrogen-bond acceptors (Lipinski definition) is 2. The van der Waals surface area contributed by atoms with Crippen LogP contribution in [0.5, 0.6) is 0 Å². The van der Waals surface area contributed by atoms with E-state index in [1.54, 1.807) is 0 Å². The molecule has 1 aromatic carbocycles. The Morgan fingerprint density at radius 2 is 2.12 bits per heavy atom. The van der Waals surface area contributed by atoms with Crippen LogP contribution in [0.2, 0.25) is 0 Å². The maximum absolute atomic E-state index is 8.99. The second-order valence-electron chi connectivity index (χ2n) is 4.35. The van der Waals surface area contributed by atoms with Crippen LogP contribution in [0.4, 0.5) is 0 Å². The molecule has 2 rings (SSSR count). The van der Waals surface area contributed by atoms with E-state index >= 15 is 0 Å². The highest BCUT2D eigenvalue weighted by Crippen LogP contribution is 2.25. The molecule has 1 unspecified atom stereocenters. The Bertz CT molecular complexity index is 594. The smallest absolute Gasteiger partial charge is 0.0857 e. The number of aryl methyl sites for hydroxylation is 2. The molecule has 17 heavy (non-hydrogen) atoms. The van der Waals surface area contributed by atoms with Crippen LogP contribution in [-0.2, 0) is 6.42 Å². The van der Waals surface area contributed by atoms with E-state index in [2.05, 4.69) is 42.2 Å². The molecule has 0 aliphatic rings. The van der Waals surface area contributed by atoms with Gasteiger partial charge in [0.05, 0.1) is 17.7 Å². The minimum atomic E-state index is -0.150. The normalized spacial score (nSPS) is 12.4. The van der Waals surface area contributed by atoms with E-state index in [1.165, 1.54) is 16.3 Å². The molecule has 0 aliphatic heterocycles. The van der Waals surface area contributed by atoms with Crippen LogP contribution in [0.15, 0.2) is 24.3 Å². The van der Waals surface area contributed by atoms with Crippen molar-refractivity contribution in [3.05, 3.63) is 41.2 Å². The Kier molecular flexibility index (Phi) is 3.10. The number of nitriles is 1. The summed E-state index contributed by atoms with van der Waals surface area (Å²) in [5, 5.41) is 11.4. The van der Waals surface area contributed by atoms with Crippen molar-refractivity contribution in [2.75, 3.05) is 0 Å². The predicted molar refractivity (Wildman–Crippen MR) is 69.9 cm³/mol. The van der Waals surface area contributed by atoms with E-state index in [0.717, 1.165) is 17.8 Å². The second-order valence-corrected chi connectivity index (χ2v) is 4.35. The summed E-state index contributed by atoms with van der Waals surface area (Å²) in [5.74, 6) is -0.150. The summed E-state index contributed by atoms with van der Waals surface area (Å²) < 4.78 is 0. The first kappa shape index (κ1) is 11.6. The Labute approximate surface area is 102 Å². The lowest BCUT2D eigenvalue weighted by atomic mass is 9.99. The quantitative estimate of drug-likeness (QED) is 0.779. The van der Waals surface area contributed by atoms with Crippen LogP contribution in [0.3, 0.4) is 0 Å². The monoisotopic (exact) mass is 224 g/mol. The van der Waals surface area contributed by atoms with E-state index in [1.807, 2.05) is 13.8 Å². The standard InChI is InChI=1S/C15H16N2/c1-4-12-6-5-7-13-11(3)17-15(8-14(12)13)10(2)9-16/h5-8,10H,4H2,1-3H3. The Balaban J connectivity index is 2.75. The highest BCUT2D eigenvalue weighted by Gasteiger charge is 2.10. The second kappa shape index (κ2) is 4.55. The molecule has 2 nitrogen and oxygen atoms in total. The highest BCUT2D eigenvalue weighted by atomic mass is 14.7. The van der Waals surface area contributed by atoms with Gasteiger partial charge in [0.1, 0.15) is 0 Å². The maximum atomic E-state index is 8.99. The molecule has 0 aliphatic carbocycles. The van der Waals surface area contributed by atoms with Crippen molar-refractivity contribution in [2.24, 2.45) is 0 Å². The van der Waals surface area contributed by atoms with Gasteiger partial charge in [-0.3, -0.25) is 4.98 Å². The number of pyridine rings is 1. The van der Waals surface area contributed by atoms with Gasteiger partial charge in [-0.05, 0) is 37.3 Å². The van der Waals surface area contributed by atoms with Crippen LogP contribution < -0.4 is 0 Å². The van der Waals surface area contributed by atoms with Gasteiger partial charge in [-0.25, -0.2) is 0 Å². The molecule has 0 saturated carbocycles. The molecule has 0 saturated heterocycles. The molecule has 0 amide bonds. The summed E-state index contributed by atoms with van der Waals surface area (Å²) in [6.45, 7) is 6.05. The van der Waals surface area contributed by atoms with Crippen molar-refractivity contribution in [2.45, 2.75) is 33.1 Å². The third-order valence-electron chi connectivity index (χ3n) is 3.19. The van der Waals surface area contributed by atoms with Crippen LogP contribution in [-0.4, -0.2) is 4.98 Å². The molecule has 0 N–H and O–H groups in total. The molecule has 1 heterocycles. The molecule has 1 aromatic heterocycles. The van der Waals surface area contributed by atoms with E-state index in [-0.39, 0.29) is 5.92 Å².